The second-order valence-corrected chi connectivity index (χ2v) is 9.91. The van der Waals surface area contributed by atoms with Gasteiger partial charge in [0.05, 0.1) is 10.8 Å². The summed E-state index contributed by atoms with van der Waals surface area (Å²) in [7, 11) is -3.67. The van der Waals surface area contributed by atoms with E-state index in [1.807, 2.05) is 36.4 Å². The van der Waals surface area contributed by atoms with Crippen LogP contribution in [0, 0.1) is 0 Å². The zero-order valence-electron chi connectivity index (χ0n) is 13.4. The van der Waals surface area contributed by atoms with E-state index >= 15 is 0 Å². The Morgan fingerprint density at radius 2 is 1.73 bits per heavy atom. The molecule has 3 rings (SSSR count). The Morgan fingerprint density at radius 3 is 2.31 bits per heavy atom. The Balaban J connectivity index is 2.06. The Labute approximate surface area is 166 Å². The number of benzene rings is 2. The number of thiophene rings is 1. The standard InChI is InChI=1S/C19H14Cl2O3S2/c1-12(22)16-8-7-14(13-5-3-2-4-6-13)9-15(16)11-26(23,24)18-10-17(20)19(21)25-18/h2-10,22H,1,11H2. The molecule has 0 bridgehead atoms. The molecule has 0 aliphatic rings. The maximum Gasteiger partial charge on any atom is 0.191 e. The van der Waals surface area contributed by atoms with E-state index in [4.69, 9.17) is 23.2 Å². The van der Waals surface area contributed by atoms with Crippen LogP contribution in [0.4, 0.5) is 0 Å². The van der Waals surface area contributed by atoms with Crippen LogP contribution in [0.3, 0.4) is 0 Å². The molecule has 1 N–H and O–H groups in total. The second-order valence-electron chi connectivity index (χ2n) is 5.63. The summed E-state index contributed by atoms with van der Waals surface area (Å²) in [6.45, 7) is 3.53. The first-order chi connectivity index (χ1) is 12.3. The Kier molecular flexibility index (Phi) is 5.44. The lowest BCUT2D eigenvalue weighted by Gasteiger charge is -2.11. The number of sulfone groups is 1. The maximum atomic E-state index is 12.8. The summed E-state index contributed by atoms with van der Waals surface area (Å²) in [5.41, 5.74) is 2.65. The van der Waals surface area contributed by atoms with Gasteiger partial charge in [-0.05, 0) is 28.8 Å². The van der Waals surface area contributed by atoms with E-state index in [1.54, 1.807) is 12.1 Å². The van der Waals surface area contributed by atoms with Crippen molar-refractivity contribution in [2.75, 3.05) is 0 Å². The van der Waals surface area contributed by atoms with Crippen molar-refractivity contribution in [1.82, 2.24) is 0 Å². The molecule has 26 heavy (non-hydrogen) atoms. The van der Waals surface area contributed by atoms with Gasteiger partial charge < -0.3 is 5.11 Å². The first-order valence-corrected chi connectivity index (χ1v) is 10.7. The highest BCUT2D eigenvalue weighted by molar-refractivity contribution is 7.92. The van der Waals surface area contributed by atoms with Gasteiger partial charge >= 0.3 is 0 Å². The highest BCUT2D eigenvalue weighted by atomic mass is 35.5. The molecule has 0 aliphatic carbocycles. The highest BCUT2D eigenvalue weighted by Gasteiger charge is 2.22. The summed E-state index contributed by atoms with van der Waals surface area (Å²) in [5.74, 6) is -0.479. The third kappa shape index (κ3) is 3.96. The predicted molar refractivity (Wildman–Crippen MR) is 109 cm³/mol. The topological polar surface area (TPSA) is 54.4 Å². The van der Waals surface area contributed by atoms with Crippen LogP contribution in [-0.2, 0) is 15.6 Å². The fourth-order valence-electron chi connectivity index (χ4n) is 2.56. The normalized spacial score (nSPS) is 11.5. The van der Waals surface area contributed by atoms with Gasteiger partial charge in [-0.3, -0.25) is 0 Å². The quantitative estimate of drug-likeness (QED) is 0.494. The Bertz CT molecular complexity index is 1050. The van der Waals surface area contributed by atoms with Gasteiger partial charge in [-0.1, -0.05) is 72.2 Å². The fourth-order valence-corrected chi connectivity index (χ4v) is 5.89. The molecule has 0 atom stereocenters. The van der Waals surface area contributed by atoms with E-state index in [9.17, 15) is 13.5 Å². The van der Waals surface area contributed by atoms with Crippen LogP contribution in [0.5, 0.6) is 0 Å². The van der Waals surface area contributed by atoms with E-state index in [0.29, 0.717) is 11.1 Å². The Morgan fingerprint density at radius 1 is 1.04 bits per heavy atom. The van der Waals surface area contributed by atoms with E-state index < -0.39 is 9.84 Å². The molecule has 0 unspecified atom stereocenters. The van der Waals surface area contributed by atoms with Crippen LogP contribution >= 0.6 is 34.5 Å². The van der Waals surface area contributed by atoms with Gasteiger partial charge in [0.25, 0.3) is 0 Å². The van der Waals surface area contributed by atoms with Crippen LogP contribution in [-0.4, -0.2) is 13.5 Å². The third-order valence-electron chi connectivity index (χ3n) is 3.80. The summed E-state index contributed by atoms with van der Waals surface area (Å²) in [6.07, 6.45) is 0. The number of halogens is 2. The van der Waals surface area contributed by atoms with Crippen LogP contribution < -0.4 is 0 Å². The molecule has 1 heterocycles. The minimum atomic E-state index is -3.67. The first-order valence-electron chi connectivity index (χ1n) is 7.52. The van der Waals surface area contributed by atoms with Crippen molar-refractivity contribution in [2.24, 2.45) is 0 Å². The van der Waals surface area contributed by atoms with Gasteiger partial charge in [0.1, 0.15) is 14.3 Å². The molecule has 0 aliphatic heterocycles. The number of hydrogen-bond donors (Lipinski definition) is 1. The second kappa shape index (κ2) is 7.45. The third-order valence-corrected chi connectivity index (χ3v) is 7.89. The van der Waals surface area contributed by atoms with E-state index in [0.717, 1.165) is 22.5 Å². The van der Waals surface area contributed by atoms with Crippen molar-refractivity contribution in [2.45, 2.75) is 9.96 Å². The predicted octanol–water partition coefficient (Wildman–Crippen LogP) is 6.22. The van der Waals surface area contributed by atoms with Gasteiger partial charge in [0.15, 0.2) is 9.84 Å². The van der Waals surface area contributed by atoms with E-state index in [-0.39, 0.29) is 25.1 Å². The smallest absolute Gasteiger partial charge is 0.191 e. The van der Waals surface area contributed by atoms with Gasteiger partial charge in [-0.2, -0.15) is 0 Å². The fraction of sp³-hybridized carbons (Fsp3) is 0.0526. The summed E-state index contributed by atoms with van der Waals surface area (Å²) < 4.78 is 25.9. The highest BCUT2D eigenvalue weighted by Crippen LogP contribution is 2.36. The maximum absolute atomic E-state index is 12.8. The van der Waals surface area contributed by atoms with Crippen molar-refractivity contribution < 1.29 is 13.5 Å². The molecule has 0 fully saturated rings. The van der Waals surface area contributed by atoms with Crippen molar-refractivity contribution in [3.05, 3.63) is 81.7 Å². The summed E-state index contributed by atoms with van der Waals surface area (Å²) in [6, 6.07) is 16.2. The molecule has 0 spiro atoms. The summed E-state index contributed by atoms with van der Waals surface area (Å²) >= 11 is 12.7. The van der Waals surface area contributed by atoms with Crippen molar-refractivity contribution in [3.63, 3.8) is 0 Å². The lowest BCUT2D eigenvalue weighted by atomic mass is 9.99. The molecule has 3 aromatic rings. The van der Waals surface area contributed by atoms with Gasteiger partial charge in [-0.15, -0.1) is 11.3 Å². The monoisotopic (exact) mass is 424 g/mol. The summed E-state index contributed by atoms with van der Waals surface area (Å²) in [5, 5.41) is 10.1. The molecule has 0 amide bonds. The first kappa shape index (κ1) is 19.0. The van der Waals surface area contributed by atoms with E-state index in [2.05, 4.69) is 6.58 Å². The van der Waals surface area contributed by atoms with Crippen LogP contribution in [0.25, 0.3) is 16.9 Å². The van der Waals surface area contributed by atoms with Crippen LogP contribution in [0.2, 0.25) is 9.36 Å². The van der Waals surface area contributed by atoms with Crippen LogP contribution in [0.1, 0.15) is 11.1 Å². The molecule has 0 saturated heterocycles. The zero-order valence-corrected chi connectivity index (χ0v) is 16.6. The number of rotatable bonds is 5. The summed E-state index contributed by atoms with van der Waals surface area (Å²) in [4.78, 5) is 0. The van der Waals surface area contributed by atoms with Crippen molar-refractivity contribution >= 4 is 50.1 Å². The largest absolute Gasteiger partial charge is 0.508 e. The molecular formula is C19H14Cl2O3S2. The van der Waals surface area contributed by atoms with Crippen LogP contribution in [0.15, 0.2) is 65.4 Å². The van der Waals surface area contributed by atoms with Gasteiger partial charge in [0, 0.05) is 5.56 Å². The molecule has 2 aromatic carbocycles. The lowest BCUT2D eigenvalue weighted by molar-refractivity contribution is 0.513. The Hall–Kier alpha value is -1.79. The molecule has 0 radical (unpaired) electrons. The minimum absolute atomic E-state index is 0.0899. The lowest BCUT2D eigenvalue weighted by Crippen LogP contribution is -2.06. The average molecular weight is 425 g/mol. The molecule has 1 aromatic heterocycles. The van der Waals surface area contributed by atoms with Gasteiger partial charge in [-0.25, -0.2) is 8.42 Å². The average Bonchev–Trinajstić information content (AvgIpc) is 2.95. The minimum Gasteiger partial charge on any atom is -0.508 e. The number of aliphatic hydroxyl groups excluding tert-OH is 1. The molecular weight excluding hydrogens is 411 g/mol. The number of aliphatic hydroxyl groups is 1. The van der Waals surface area contributed by atoms with E-state index in [1.165, 1.54) is 6.07 Å². The van der Waals surface area contributed by atoms with Crippen molar-refractivity contribution in [1.29, 1.82) is 0 Å². The number of hydrogen-bond acceptors (Lipinski definition) is 4. The molecule has 7 heteroatoms. The molecule has 134 valence electrons. The zero-order chi connectivity index (χ0) is 18.9. The molecule has 0 saturated carbocycles. The van der Waals surface area contributed by atoms with Crippen molar-refractivity contribution in [3.8, 4) is 11.1 Å². The molecule has 3 nitrogen and oxygen atoms in total. The SMILES string of the molecule is C=C(O)c1ccc(-c2ccccc2)cc1CS(=O)(=O)c1cc(Cl)c(Cl)s1. The van der Waals surface area contributed by atoms with Gasteiger partial charge in [0.2, 0.25) is 0 Å².